The van der Waals surface area contributed by atoms with Crippen LogP contribution in [0, 0.1) is 11.7 Å². The van der Waals surface area contributed by atoms with E-state index in [1.54, 1.807) is 7.11 Å². The number of hydrogen-bond acceptors (Lipinski definition) is 2. The molecular weight excluding hydrogens is 333 g/mol. The van der Waals surface area contributed by atoms with E-state index in [-0.39, 0.29) is 5.82 Å². The molecule has 0 aromatic heterocycles. The third-order valence-corrected chi connectivity index (χ3v) is 4.02. The molecule has 2 nitrogen and oxygen atoms in total. The van der Waals surface area contributed by atoms with Crippen LogP contribution in [-0.2, 0) is 12.8 Å². The van der Waals surface area contributed by atoms with Crippen LogP contribution in [0.15, 0.2) is 46.9 Å². The molecule has 2 aromatic rings. The van der Waals surface area contributed by atoms with E-state index in [0.717, 1.165) is 34.2 Å². The minimum atomic E-state index is -0.211. The van der Waals surface area contributed by atoms with Crippen LogP contribution in [0.5, 0.6) is 5.75 Å². The van der Waals surface area contributed by atoms with Gasteiger partial charge in [0.2, 0.25) is 0 Å². The number of halogens is 2. The van der Waals surface area contributed by atoms with Crippen LogP contribution < -0.4 is 10.5 Å². The normalized spacial score (nSPS) is 12.2. The van der Waals surface area contributed by atoms with Crippen molar-refractivity contribution < 1.29 is 9.13 Å². The highest BCUT2D eigenvalue weighted by molar-refractivity contribution is 9.10. The number of hydrogen-bond donors (Lipinski definition) is 1. The van der Waals surface area contributed by atoms with Gasteiger partial charge in [0.05, 0.1) is 7.11 Å². The van der Waals surface area contributed by atoms with Gasteiger partial charge >= 0.3 is 0 Å². The fourth-order valence-corrected chi connectivity index (χ4v) is 2.82. The predicted octanol–water partition coefficient (Wildman–Crippen LogP) is 3.96. The zero-order chi connectivity index (χ0) is 15.2. The molecule has 112 valence electrons. The highest BCUT2D eigenvalue weighted by Gasteiger charge is 2.13. The zero-order valence-corrected chi connectivity index (χ0v) is 13.6. The molecule has 2 aromatic carbocycles. The highest BCUT2D eigenvalue weighted by atomic mass is 79.9. The van der Waals surface area contributed by atoms with Crippen molar-refractivity contribution in [2.24, 2.45) is 11.7 Å². The van der Waals surface area contributed by atoms with Gasteiger partial charge in [-0.3, -0.25) is 0 Å². The average molecular weight is 352 g/mol. The molecule has 0 radical (unpaired) electrons. The van der Waals surface area contributed by atoms with Gasteiger partial charge in [-0.25, -0.2) is 4.39 Å². The third-order valence-electron chi connectivity index (χ3n) is 3.52. The van der Waals surface area contributed by atoms with E-state index >= 15 is 0 Å². The summed E-state index contributed by atoms with van der Waals surface area (Å²) in [4.78, 5) is 0. The fraction of sp³-hybridized carbons (Fsp3) is 0.294. The maximum Gasteiger partial charge on any atom is 0.123 e. The fourth-order valence-electron chi connectivity index (χ4n) is 2.41. The van der Waals surface area contributed by atoms with E-state index < -0.39 is 0 Å². The van der Waals surface area contributed by atoms with Crippen molar-refractivity contribution in [2.75, 3.05) is 13.7 Å². The molecule has 0 heterocycles. The van der Waals surface area contributed by atoms with Crippen molar-refractivity contribution in [3.05, 3.63) is 63.9 Å². The van der Waals surface area contributed by atoms with Gasteiger partial charge in [0.25, 0.3) is 0 Å². The first-order valence-electron chi connectivity index (χ1n) is 6.89. The maximum atomic E-state index is 12.9. The number of nitrogens with two attached hydrogens (primary N) is 1. The summed E-state index contributed by atoms with van der Waals surface area (Å²) in [5, 5.41) is 0. The van der Waals surface area contributed by atoms with Gasteiger partial charge in [0, 0.05) is 4.47 Å². The van der Waals surface area contributed by atoms with Gasteiger partial charge in [-0.2, -0.15) is 0 Å². The lowest BCUT2D eigenvalue weighted by atomic mass is 9.92. The molecule has 0 fully saturated rings. The first-order chi connectivity index (χ1) is 10.1. The largest absolute Gasteiger partial charge is 0.496 e. The molecule has 1 atom stereocenters. The van der Waals surface area contributed by atoms with Crippen molar-refractivity contribution in [1.29, 1.82) is 0 Å². The standard InChI is InChI=1S/C17H19BrFNO/c1-21-17-7-4-15(18)10-14(17)9-13(11-20)8-12-2-5-16(19)6-3-12/h2-7,10,13H,8-9,11,20H2,1H3. The molecule has 1 unspecified atom stereocenters. The van der Waals surface area contributed by atoms with E-state index in [1.807, 2.05) is 24.3 Å². The monoisotopic (exact) mass is 351 g/mol. The summed E-state index contributed by atoms with van der Waals surface area (Å²) in [6.45, 7) is 0.576. The highest BCUT2D eigenvalue weighted by Crippen LogP contribution is 2.26. The van der Waals surface area contributed by atoms with E-state index in [9.17, 15) is 4.39 Å². The Hall–Kier alpha value is -1.39. The number of methoxy groups -OCH3 is 1. The summed E-state index contributed by atoms with van der Waals surface area (Å²) in [6.07, 6.45) is 1.66. The Balaban J connectivity index is 2.11. The summed E-state index contributed by atoms with van der Waals surface area (Å²) in [6, 6.07) is 12.6. The zero-order valence-electron chi connectivity index (χ0n) is 12.0. The van der Waals surface area contributed by atoms with Crippen LogP contribution in [0.25, 0.3) is 0 Å². The summed E-state index contributed by atoms with van der Waals surface area (Å²) < 4.78 is 19.4. The van der Waals surface area contributed by atoms with Crippen LogP contribution in [0.1, 0.15) is 11.1 Å². The molecule has 0 saturated carbocycles. The van der Waals surface area contributed by atoms with Crippen LogP contribution >= 0.6 is 15.9 Å². The van der Waals surface area contributed by atoms with Crippen LogP contribution in [0.2, 0.25) is 0 Å². The van der Waals surface area contributed by atoms with Crippen molar-refractivity contribution in [1.82, 2.24) is 0 Å². The third kappa shape index (κ3) is 4.55. The van der Waals surface area contributed by atoms with E-state index in [4.69, 9.17) is 10.5 Å². The Morgan fingerprint density at radius 3 is 2.48 bits per heavy atom. The lowest BCUT2D eigenvalue weighted by molar-refractivity contribution is 0.403. The summed E-state index contributed by atoms with van der Waals surface area (Å²) >= 11 is 3.48. The second-order valence-corrected chi connectivity index (χ2v) is 6.01. The average Bonchev–Trinajstić information content (AvgIpc) is 2.49. The number of rotatable bonds is 6. The van der Waals surface area contributed by atoms with Crippen LogP contribution in [-0.4, -0.2) is 13.7 Å². The molecule has 2 N–H and O–H groups in total. The second-order valence-electron chi connectivity index (χ2n) is 5.09. The molecule has 0 amide bonds. The van der Waals surface area contributed by atoms with Crippen molar-refractivity contribution >= 4 is 15.9 Å². The van der Waals surface area contributed by atoms with Crippen LogP contribution in [0.4, 0.5) is 4.39 Å². The summed E-state index contributed by atoms with van der Waals surface area (Å²) in [5.74, 6) is 0.950. The molecular formula is C17H19BrFNO. The molecule has 0 aliphatic rings. The van der Waals surface area contributed by atoms with E-state index in [0.29, 0.717) is 12.5 Å². The first kappa shape index (κ1) is 16.0. The molecule has 0 aliphatic heterocycles. The Morgan fingerprint density at radius 1 is 1.14 bits per heavy atom. The summed E-state index contributed by atoms with van der Waals surface area (Å²) in [7, 11) is 1.67. The second kappa shape index (κ2) is 7.57. The van der Waals surface area contributed by atoms with Crippen molar-refractivity contribution in [3.8, 4) is 5.75 Å². The lowest BCUT2D eigenvalue weighted by Crippen LogP contribution is -2.19. The number of ether oxygens (including phenoxy) is 1. The minimum absolute atomic E-state index is 0.211. The molecule has 21 heavy (non-hydrogen) atoms. The van der Waals surface area contributed by atoms with Crippen molar-refractivity contribution in [3.63, 3.8) is 0 Å². The smallest absolute Gasteiger partial charge is 0.123 e. The molecule has 2 rings (SSSR count). The van der Waals surface area contributed by atoms with Gasteiger partial charge in [0.15, 0.2) is 0 Å². The Labute approximate surface area is 133 Å². The van der Waals surface area contributed by atoms with Gasteiger partial charge < -0.3 is 10.5 Å². The quantitative estimate of drug-likeness (QED) is 0.854. The van der Waals surface area contributed by atoms with E-state index in [1.165, 1.54) is 12.1 Å². The van der Waals surface area contributed by atoms with Crippen LogP contribution in [0.3, 0.4) is 0 Å². The predicted molar refractivity (Wildman–Crippen MR) is 87.0 cm³/mol. The Bertz CT molecular complexity index is 586. The van der Waals surface area contributed by atoms with Gasteiger partial charge in [-0.05, 0) is 66.8 Å². The van der Waals surface area contributed by atoms with Crippen molar-refractivity contribution in [2.45, 2.75) is 12.8 Å². The topological polar surface area (TPSA) is 35.2 Å². The Morgan fingerprint density at radius 2 is 1.86 bits per heavy atom. The van der Waals surface area contributed by atoms with Gasteiger partial charge in [-0.1, -0.05) is 28.1 Å². The van der Waals surface area contributed by atoms with E-state index in [2.05, 4.69) is 22.0 Å². The SMILES string of the molecule is COc1ccc(Br)cc1CC(CN)Cc1ccc(F)cc1. The molecule has 0 saturated heterocycles. The number of benzene rings is 2. The summed E-state index contributed by atoms with van der Waals surface area (Å²) in [5.41, 5.74) is 8.13. The molecule has 0 bridgehead atoms. The Kier molecular flexibility index (Phi) is 5.76. The molecule has 0 spiro atoms. The first-order valence-corrected chi connectivity index (χ1v) is 7.68. The van der Waals surface area contributed by atoms with Gasteiger partial charge in [-0.15, -0.1) is 0 Å². The molecule has 4 heteroatoms. The lowest BCUT2D eigenvalue weighted by Gasteiger charge is -2.17. The van der Waals surface area contributed by atoms with Gasteiger partial charge in [0.1, 0.15) is 11.6 Å². The minimum Gasteiger partial charge on any atom is -0.496 e. The maximum absolute atomic E-state index is 12.9. The molecule has 0 aliphatic carbocycles.